The van der Waals surface area contributed by atoms with Crippen LogP contribution < -0.4 is 4.74 Å². The van der Waals surface area contributed by atoms with Crippen LogP contribution in [0.1, 0.15) is 31.2 Å². The van der Waals surface area contributed by atoms with E-state index >= 15 is 0 Å². The molecule has 1 aliphatic rings. The van der Waals surface area contributed by atoms with Crippen molar-refractivity contribution in [1.82, 2.24) is 4.31 Å². The number of hydrogen-bond acceptors (Lipinski definition) is 4. The van der Waals surface area contributed by atoms with E-state index in [1.165, 1.54) is 17.5 Å². The maximum atomic E-state index is 12.7. The smallest absolute Gasteiger partial charge is 0.246 e. The quantitative estimate of drug-likeness (QED) is 0.920. The zero-order chi connectivity index (χ0) is 14.6. The molecule has 6 heteroatoms. The van der Waals surface area contributed by atoms with Crippen molar-refractivity contribution >= 4 is 10.0 Å². The van der Waals surface area contributed by atoms with Gasteiger partial charge in [-0.1, -0.05) is 18.9 Å². The van der Waals surface area contributed by atoms with Crippen molar-refractivity contribution in [2.24, 2.45) is 0 Å². The zero-order valence-electron chi connectivity index (χ0n) is 11.7. The molecule has 0 spiro atoms. The maximum Gasteiger partial charge on any atom is 0.246 e. The van der Waals surface area contributed by atoms with Crippen LogP contribution in [0, 0.1) is 0 Å². The van der Waals surface area contributed by atoms with Gasteiger partial charge >= 0.3 is 0 Å². The third kappa shape index (κ3) is 3.13. The number of methoxy groups -OCH3 is 1. The van der Waals surface area contributed by atoms with Gasteiger partial charge in [0.05, 0.1) is 13.7 Å². The van der Waals surface area contributed by atoms with Crippen molar-refractivity contribution in [3.05, 3.63) is 23.8 Å². The standard InChI is InChI=1S/C14H21NO4S/c1-19-13-10-12(11-16)6-7-14(13)20(17,18)15-8-4-2-3-5-9-15/h6-7,10,16H,2-5,8-9,11H2,1H3. The van der Waals surface area contributed by atoms with Crippen LogP contribution in [0.3, 0.4) is 0 Å². The Kier molecular flexibility index (Phi) is 5.01. The molecular weight excluding hydrogens is 278 g/mol. The lowest BCUT2D eigenvalue weighted by molar-refractivity contribution is 0.280. The zero-order valence-corrected chi connectivity index (χ0v) is 12.5. The summed E-state index contributed by atoms with van der Waals surface area (Å²) >= 11 is 0. The lowest BCUT2D eigenvalue weighted by atomic mass is 10.2. The molecule has 1 aromatic carbocycles. The highest BCUT2D eigenvalue weighted by Gasteiger charge is 2.28. The summed E-state index contributed by atoms with van der Waals surface area (Å²) in [6.07, 6.45) is 3.95. The summed E-state index contributed by atoms with van der Waals surface area (Å²) in [5.41, 5.74) is 0.636. The largest absolute Gasteiger partial charge is 0.495 e. The van der Waals surface area contributed by atoms with Crippen LogP contribution in [0.15, 0.2) is 23.1 Å². The van der Waals surface area contributed by atoms with E-state index in [0.717, 1.165) is 25.7 Å². The van der Waals surface area contributed by atoms with E-state index in [4.69, 9.17) is 9.84 Å². The van der Waals surface area contributed by atoms with Gasteiger partial charge in [-0.2, -0.15) is 4.31 Å². The number of aliphatic hydroxyl groups is 1. The Labute approximate surface area is 120 Å². The van der Waals surface area contributed by atoms with Crippen molar-refractivity contribution in [3.63, 3.8) is 0 Å². The molecule has 0 atom stereocenters. The highest BCUT2D eigenvalue weighted by molar-refractivity contribution is 7.89. The molecular formula is C14H21NO4S. The average molecular weight is 299 g/mol. The van der Waals surface area contributed by atoms with Crippen LogP contribution in [0.25, 0.3) is 0 Å². The number of sulfonamides is 1. The first-order valence-corrected chi connectivity index (χ1v) is 8.31. The molecule has 1 saturated heterocycles. The van der Waals surface area contributed by atoms with Crippen molar-refractivity contribution in [2.75, 3.05) is 20.2 Å². The second kappa shape index (κ2) is 6.56. The molecule has 0 aromatic heterocycles. The fourth-order valence-electron chi connectivity index (χ4n) is 2.44. The summed E-state index contributed by atoms with van der Waals surface area (Å²) in [6.45, 7) is 0.987. The fourth-order valence-corrected chi connectivity index (χ4v) is 4.10. The molecule has 0 radical (unpaired) electrons. The number of rotatable bonds is 4. The predicted octanol–water partition coefficient (Wildman–Crippen LogP) is 1.75. The van der Waals surface area contributed by atoms with Crippen LogP contribution in [0.4, 0.5) is 0 Å². The SMILES string of the molecule is COc1cc(CO)ccc1S(=O)(=O)N1CCCCCC1. The second-order valence-electron chi connectivity index (χ2n) is 4.96. The normalized spacial score (nSPS) is 17.7. The van der Waals surface area contributed by atoms with Gasteiger partial charge in [-0.05, 0) is 30.5 Å². The Morgan fingerprint density at radius 2 is 1.85 bits per heavy atom. The summed E-state index contributed by atoms with van der Waals surface area (Å²) in [7, 11) is -2.08. The van der Waals surface area contributed by atoms with Crippen LogP contribution in [0.5, 0.6) is 5.75 Å². The van der Waals surface area contributed by atoms with Crippen molar-refractivity contribution in [1.29, 1.82) is 0 Å². The van der Waals surface area contributed by atoms with Gasteiger partial charge in [-0.3, -0.25) is 0 Å². The van der Waals surface area contributed by atoms with Crippen LogP contribution in [0.2, 0.25) is 0 Å². The van der Waals surface area contributed by atoms with Crippen LogP contribution >= 0.6 is 0 Å². The molecule has 2 rings (SSSR count). The average Bonchev–Trinajstić information content (AvgIpc) is 2.76. The van der Waals surface area contributed by atoms with Gasteiger partial charge in [-0.15, -0.1) is 0 Å². The molecule has 1 fully saturated rings. The molecule has 20 heavy (non-hydrogen) atoms. The van der Waals surface area contributed by atoms with E-state index in [0.29, 0.717) is 24.4 Å². The second-order valence-corrected chi connectivity index (χ2v) is 6.87. The molecule has 112 valence electrons. The Hall–Kier alpha value is -1.11. The third-order valence-corrected chi connectivity index (χ3v) is 5.53. The van der Waals surface area contributed by atoms with Gasteiger partial charge in [0.1, 0.15) is 10.6 Å². The molecule has 1 heterocycles. The number of hydrogen-bond donors (Lipinski definition) is 1. The van der Waals surface area contributed by atoms with Gasteiger partial charge in [0.25, 0.3) is 0 Å². The van der Waals surface area contributed by atoms with Crippen molar-refractivity contribution in [3.8, 4) is 5.75 Å². The van der Waals surface area contributed by atoms with E-state index in [-0.39, 0.29) is 11.5 Å². The minimum atomic E-state index is -3.53. The topological polar surface area (TPSA) is 66.8 Å². The van der Waals surface area contributed by atoms with E-state index < -0.39 is 10.0 Å². The molecule has 0 saturated carbocycles. The highest BCUT2D eigenvalue weighted by atomic mass is 32.2. The molecule has 1 N–H and O–H groups in total. The first kappa shape index (κ1) is 15.3. The number of nitrogens with zero attached hydrogens (tertiary/aromatic N) is 1. The Balaban J connectivity index is 2.37. The molecule has 0 aliphatic carbocycles. The fraction of sp³-hybridized carbons (Fsp3) is 0.571. The Morgan fingerprint density at radius 3 is 2.40 bits per heavy atom. The Bertz CT molecular complexity index is 548. The van der Waals surface area contributed by atoms with Gasteiger partial charge in [0.15, 0.2) is 0 Å². The van der Waals surface area contributed by atoms with E-state index in [2.05, 4.69) is 0 Å². The molecule has 1 aromatic rings. The van der Waals surface area contributed by atoms with Gasteiger partial charge in [0, 0.05) is 13.1 Å². The number of ether oxygens (including phenoxy) is 1. The van der Waals surface area contributed by atoms with Gasteiger partial charge in [0.2, 0.25) is 10.0 Å². The van der Waals surface area contributed by atoms with Gasteiger partial charge in [-0.25, -0.2) is 8.42 Å². The summed E-state index contributed by atoms with van der Waals surface area (Å²) in [6, 6.07) is 4.71. The van der Waals surface area contributed by atoms with E-state index in [9.17, 15) is 8.42 Å². The lowest BCUT2D eigenvalue weighted by Crippen LogP contribution is -2.32. The molecule has 1 aliphatic heterocycles. The molecule has 0 amide bonds. The van der Waals surface area contributed by atoms with Crippen LogP contribution in [-0.2, 0) is 16.6 Å². The first-order chi connectivity index (χ1) is 9.59. The lowest BCUT2D eigenvalue weighted by Gasteiger charge is -2.21. The summed E-state index contributed by atoms with van der Waals surface area (Å²) < 4.78 is 32.1. The number of aliphatic hydroxyl groups excluding tert-OH is 1. The minimum Gasteiger partial charge on any atom is -0.495 e. The summed E-state index contributed by atoms with van der Waals surface area (Å²) in [5.74, 6) is 0.292. The van der Waals surface area contributed by atoms with E-state index in [1.54, 1.807) is 12.1 Å². The van der Waals surface area contributed by atoms with Crippen LogP contribution in [-0.4, -0.2) is 38.0 Å². The van der Waals surface area contributed by atoms with Gasteiger partial charge < -0.3 is 9.84 Å². The number of benzene rings is 1. The Morgan fingerprint density at radius 1 is 1.20 bits per heavy atom. The third-order valence-electron chi connectivity index (χ3n) is 3.59. The monoisotopic (exact) mass is 299 g/mol. The predicted molar refractivity (Wildman–Crippen MR) is 76.1 cm³/mol. The minimum absolute atomic E-state index is 0.138. The highest BCUT2D eigenvalue weighted by Crippen LogP contribution is 2.29. The van der Waals surface area contributed by atoms with Crippen molar-refractivity contribution in [2.45, 2.75) is 37.2 Å². The first-order valence-electron chi connectivity index (χ1n) is 6.87. The maximum absolute atomic E-state index is 12.7. The van der Waals surface area contributed by atoms with Crippen molar-refractivity contribution < 1.29 is 18.3 Å². The molecule has 5 nitrogen and oxygen atoms in total. The summed E-state index contributed by atoms with van der Waals surface area (Å²) in [4.78, 5) is 0.180. The molecule has 0 bridgehead atoms. The summed E-state index contributed by atoms with van der Waals surface area (Å²) in [5, 5.41) is 9.12. The van der Waals surface area contributed by atoms with E-state index in [1.807, 2.05) is 0 Å². The molecule has 0 unspecified atom stereocenters.